The van der Waals surface area contributed by atoms with Gasteiger partial charge in [-0.1, -0.05) is 42.1 Å². The molecule has 1 aromatic heterocycles. The molecule has 1 aliphatic carbocycles. The van der Waals surface area contributed by atoms with Gasteiger partial charge in [0.05, 0.1) is 10.9 Å². The van der Waals surface area contributed by atoms with Crippen LogP contribution in [-0.4, -0.2) is 32.2 Å². The summed E-state index contributed by atoms with van der Waals surface area (Å²) in [6.45, 7) is 1.91. The third-order valence-electron chi connectivity index (χ3n) is 4.63. The second kappa shape index (κ2) is 8.41. The summed E-state index contributed by atoms with van der Waals surface area (Å²) >= 11 is 3.06. The molecular formula is C21H22N4OS2. The number of thioether (sulfide) groups is 2. The molecule has 144 valence electrons. The summed E-state index contributed by atoms with van der Waals surface area (Å²) in [5, 5.41) is 12.3. The predicted octanol–water partition coefficient (Wildman–Crippen LogP) is 4.99. The Hall–Kier alpha value is -2.25. The molecule has 2 aromatic carbocycles. The molecule has 1 N–H and O–H groups in total. The fourth-order valence-electron chi connectivity index (χ4n) is 2.98. The molecule has 1 fully saturated rings. The van der Waals surface area contributed by atoms with Gasteiger partial charge in [-0.15, -0.1) is 22.0 Å². The molecule has 0 spiro atoms. The van der Waals surface area contributed by atoms with Gasteiger partial charge in [0, 0.05) is 16.5 Å². The lowest BCUT2D eigenvalue weighted by molar-refractivity contribution is -0.115. The van der Waals surface area contributed by atoms with Crippen LogP contribution in [0, 0.1) is 0 Å². The number of para-hydroxylation sites is 2. The van der Waals surface area contributed by atoms with E-state index in [0.29, 0.717) is 5.92 Å². The fraction of sp³-hybridized carbons (Fsp3) is 0.286. The van der Waals surface area contributed by atoms with Crippen molar-refractivity contribution in [3.05, 3.63) is 60.4 Å². The van der Waals surface area contributed by atoms with Crippen molar-refractivity contribution in [1.29, 1.82) is 0 Å². The van der Waals surface area contributed by atoms with Crippen molar-refractivity contribution >= 4 is 35.1 Å². The summed E-state index contributed by atoms with van der Waals surface area (Å²) in [6, 6.07) is 18.0. The van der Waals surface area contributed by atoms with E-state index < -0.39 is 0 Å². The Kier molecular flexibility index (Phi) is 5.73. The maximum absolute atomic E-state index is 12.8. The van der Waals surface area contributed by atoms with E-state index in [1.807, 2.05) is 55.6 Å². The normalized spacial score (nSPS) is 14.6. The van der Waals surface area contributed by atoms with E-state index in [1.54, 1.807) is 11.8 Å². The molecule has 1 heterocycles. The molecule has 5 nitrogen and oxygen atoms in total. The zero-order valence-corrected chi connectivity index (χ0v) is 17.5. The summed E-state index contributed by atoms with van der Waals surface area (Å²) in [5.41, 5.74) is 1.88. The maximum atomic E-state index is 12.8. The van der Waals surface area contributed by atoms with Gasteiger partial charge in [-0.05, 0) is 50.3 Å². The van der Waals surface area contributed by atoms with Gasteiger partial charge in [0.25, 0.3) is 0 Å². The lowest BCUT2D eigenvalue weighted by Gasteiger charge is -2.15. The van der Waals surface area contributed by atoms with E-state index >= 15 is 0 Å². The lowest BCUT2D eigenvalue weighted by Crippen LogP contribution is -2.23. The summed E-state index contributed by atoms with van der Waals surface area (Å²) in [4.78, 5) is 13.8. The minimum atomic E-state index is -0.298. The van der Waals surface area contributed by atoms with Crippen LogP contribution in [0.5, 0.6) is 0 Å². The van der Waals surface area contributed by atoms with E-state index in [-0.39, 0.29) is 11.2 Å². The molecule has 1 atom stereocenters. The molecule has 28 heavy (non-hydrogen) atoms. The highest BCUT2D eigenvalue weighted by Crippen LogP contribution is 2.41. The molecule has 0 bridgehead atoms. The van der Waals surface area contributed by atoms with E-state index in [0.717, 1.165) is 40.1 Å². The minimum absolute atomic E-state index is 0.0397. The van der Waals surface area contributed by atoms with Crippen LogP contribution < -0.4 is 5.32 Å². The highest BCUT2D eigenvalue weighted by molar-refractivity contribution is 8.00. The highest BCUT2D eigenvalue weighted by atomic mass is 32.2. The summed E-state index contributed by atoms with van der Waals surface area (Å²) < 4.78 is 2.10. The third kappa shape index (κ3) is 4.10. The topological polar surface area (TPSA) is 59.8 Å². The lowest BCUT2D eigenvalue weighted by atomic mass is 10.3. The first kappa shape index (κ1) is 19.1. The number of rotatable bonds is 7. The van der Waals surface area contributed by atoms with Crippen molar-refractivity contribution in [2.45, 2.75) is 41.0 Å². The Bertz CT molecular complexity index is 970. The van der Waals surface area contributed by atoms with Crippen LogP contribution in [0.15, 0.2) is 64.6 Å². The number of hydrogen-bond acceptors (Lipinski definition) is 5. The van der Waals surface area contributed by atoms with Crippen molar-refractivity contribution in [1.82, 2.24) is 14.8 Å². The molecule has 1 aliphatic rings. The largest absolute Gasteiger partial charge is 0.324 e. The second-order valence-corrected chi connectivity index (χ2v) is 8.89. The number of nitrogens with zero attached hydrogens (tertiary/aromatic N) is 3. The molecule has 1 unspecified atom stereocenters. The van der Waals surface area contributed by atoms with E-state index in [9.17, 15) is 4.79 Å². The minimum Gasteiger partial charge on any atom is -0.324 e. The summed E-state index contributed by atoms with van der Waals surface area (Å²) in [6.07, 6.45) is 4.30. The van der Waals surface area contributed by atoms with Crippen molar-refractivity contribution in [2.24, 2.45) is 0 Å². The number of nitrogens with one attached hydrogen (secondary N) is 1. The Labute approximate surface area is 173 Å². The van der Waals surface area contributed by atoms with Crippen LogP contribution >= 0.6 is 23.5 Å². The number of carbonyl (C=O) groups excluding carboxylic acids is 1. The summed E-state index contributed by atoms with van der Waals surface area (Å²) in [5.74, 6) is 1.43. The van der Waals surface area contributed by atoms with Gasteiger partial charge in [0.15, 0.2) is 5.16 Å². The van der Waals surface area contributed by atoms with Crippen LogP contribution in [0.25, 0.3) is 5.69 Å². The van der Waals surface area contributed by atoms with Crippen LogP contribution in [0.4, 0.5) is 5.69 Å². The molecular weight excluding hydrogens is 388 g/mol. The quantitative estimate of drug-likeness (QED) is 0.556. The average Bonchev–Trinajstić information content (AvgIpc) is 3.49. The maximum Gasteiger partial charge on any atom is 0.237 e. The van der Waals surface area contributed by atoms with Crippen LogP contribution in [-0.2, 0) is 4.79 Å². The Morgan fingerprint density at radius 3 is 2.54 bits per heavy atom. The Morgan fingerprint density at radius 1 is 1.11 bits per heavy atom. The van der Waals surface area contributed by atoms with E-state index in [2.05, 4.69) is 32.2 Å². The van der Waals surface area contributed by atoms with Gasteiger partial charge in [0.1, 0.15) is 5.82 Å². The zero-order chi connectivity index (χ0) is 19.5. The molecule has 4 rings (SSSR count). The predicted molar refractivity (Wildman–Crippen MR) is 116 cm³/mol. The SMILES string of the molecule is CSc1ccccc1NC(=O)C(C)Sc1nnc(C2CC2)n1-c1ccccc1. The molecule has 0 saturated heterocycles. The Balaban J connectivity index is 1.55. The standard InChI is InChI=1S/C21H22N4OS2/c1-14(20(26)22-17-10-6-7-11-18(17)27-2)28-21-24-23-19(15-12-13-15)25(21)16-8-4-3-5-9-16/h3-11,14-15H,12-13H2,1-2H3,(H,22,26). The van der Waals surface area contributed by atoms with E-state index in [4.69, 9.17) is 0 Å². The molecule has 0 aliphatic heterocycles. The number of hydrogen-bond donors (Lipinski definition) is 1. The average molecular weight is 411 g/mol. The zero-order valence-electron chi connectivity index (χ0n) is 15.8. The summed E-state index contributed by atoms with van der Waals surface area (Å²) in [7, 11) is 0. The van der Waals surface area contributed by atoms with Crippen LogP contribution in [0.2, 0.25) is 0 Å². The number of anilines is 1. The van der Waals surface area contributed by atoms with Crippen molar-refractivity contribution in [3.8, 4) is 5.69 Å². The van der Waals surface area contributed by atoms with Gasteiger partial charge in [0.2, 0.25) is 5.91 Å². The molecule has 7 heteroatoms. The van der Waals surface area contributed by atoms with Gasteiger partial charge in [-0.3, -0.25) is 9.36 Å². The fourth-order valence-corrected chi connectivity index (χ4v) is 4.41. The van der Waals surface area contributed by atoms with E-state index in [1.165, 1.54) is 11.8 Å². The molecule has 1 saturated carbocycles. The first-order valence-corrected chi connectivity index (χ1v) is 11.4. The number of carbonyl (C=O) groups is 1. The number of aromatic nitrogens is 3. The first-order valence-electron chi connectivity index (χ1n) is 9.28. The second-order valence-electron chi connectivity index (χ2n) is 6.74. The molecule has 0 radical (unpaired) electrons. The number of amides is 1. The van der Waals surface area contributed by atoms with Crippen molar-refractivity contribution < 1.29 is 4.79 Å². The van der Waals surface area contributed by atoms with Gasteiger partial charge < -0.3 is 5.32 Å². The van der Waals surface area contributed by atoms with Crippen molar-refractivity contribution in [2.75, 3.05) is 11.6 Å². The smallest absolute Gasteiger partial charge is 0.237 e. The highest BCUT2D eigenvalue weighted by Gasteiger charge is 2.31. The third-order valence-corrected chi connectivity index (χ3v) is 6.47. The molecule has 1 amide bonds. The van der Waals surface area contributed by atoms with Crippen LogP contribution in [0.1, 0.15) is 31.5 Å². The Morgan fingerprint density at radius 2 is 1.82 bits per heavy atom. The van der Waals surface area contributed by atoms with Gasteiger partial charge >= 0.3 is 0 Å². The number of benzene rings is 2. The van der Waals surface area contributed by atoms with Crippen molar-refractivity contribution in [3.63, 3.8) is 0 Å². The monoisotopic (exact) mass is 410 g/mol. The van der Waals surface area contributed by atoms with Crippen LogP contribution in [0.3, 0.4) is 0 Å². The van der Waals surface area contributed by atoms with Gasteiger partial charge in [-0.2, -0.15) is 0 Å². The molecule has 3 aromatic rings. The van der Waals surface area contributed by atoms with Gasteiger partial charge in [-0.25, -0.2) is 0 Å². The first-order chi connectivity index (χ1) is 13.7.